The first-order valence-electron chi connectivity index (χ1n) is 10.6. The molecule has 8 heteroatoms. The van der Waals surface area contributed by atoms with E-state index in [0.29, 0.717) is 22.4 Å². The Labute approximate surface area is 198 Å². The summed E-state index contributed by atoms with van der Waals surface area (Å²) >= 11 is 12.1. The molecule has 1 aliphatic heterocycles. The summed E-state index contributed by atoms with van der Waals surface area (Å²) in [5, 5.41) is 7.28. The molecule has 1 fully saturated rings. The fourth-order valence-corrected chi connectivity index (χ4v) is 4.28. The zero-order valence-electron chi connectivity index (χ0n) is 17.8. The fourth-order valence-electron chi connectivity index (χ4n) is 3.80. The lowest BCUT2D eigenvalue weighted by Gasteiger charge is -2.32. The number of halogens is 2. The quantitative estimate of drug-likeness (QED) is 0.529. The van der Waals surface area contributed by atoms with Crippen LogP contribution >= 0.6 is 23.2 Å². The van der Waals surface area contributed by atoms with E-state index >= 15 is 0 Å². The molecule has 0 bridgehead atoms. The lowest BCUT2D eigenvalue weighted by molar-refractivity contribution is -0.125. The van der Waals surface area contributed by atoms with Crippen molar-refractivity contribution in [2.24, 2.45) is 5.92 Å². The molecule has 1 aromatic heterocycles. The number of carbonyl (C=O) groups excluding carboxylic acids is 1. The molecule has 1 amide bonds. The Balaban J connectivity index is 1.38. The van der Waals surface area contributed by atoms with E-state index in [1.165, 1.54) is 0 Å². The van der Waals surface area contributed by atoms with Gasteiger partial charge in [-0.3, -0.25) is 4.79 Å². The average Bonchev–Trinajstić information content (AvgIpc) is 2.83. The van der Waals surface area contributed by atoms with Crippen molar-refractivity contribution < 1.29 is 4.79 Å². The van der Waals surface area contributed by atoms with E-state index in [1.807, 2.05) is 49.5 Å². The molecule has 6 nitrogen and oxygen atoms in total. The number of carbonyl (C=O) groups is 1. The van der Waals surface area contributed by atoms with Gasteiger partial charge in [-0.05, 0) is 30.5 Å². The van der Waals surface area contributed by atoms with Crippen LogP contribution in [0, 0.1) is 5.92 Å². The van der Waals surface area contributed by atoms with Crippen LogP contribution in [-0.2, 0) is 11.3 Å². The van der Waals surface area contributed by atoms with Gasteiger partial charge in [0.15, 0.2) is 5.82 Å². The summed E-state index contributed by atoms with van der Waals surface area (Å²) in [6.07, 6.45) is 1.53. The minimum absolute atomic E-state index is 0.0310. The van der Waals surface area contributed by atoms with Crippen molar-refractivity contribution in [2.75, 3.05) is 30.4 Å². The van der Waals surface area contributed by atoms with Crippen LogP contribution in [-0.4, -0.2) is 36.0 Å². The number of nitrogens with one attached hydrogen (secondary N) is 2. The van der Waals surface area contributed by atoms with Crippen LogP contribution < -0.4 is 15.5 Å². The van der Waals surface area contributed by atoms with Crippen molar-refractivity contribution in [1.29, 1.82) is 0 Å². The number of hydrogen-bond acceptors (Lipinski definition) is 5. The first kappa shape index (κ1) is 22.4. The monoisotopic (exact) mass is 469 g/mol. The smallest absolute Gasteiger partial charge is 0.223 e. The van der Waals surface area contributed by atoms with Crippen LogP contribution in [0.25, 0.3) is 11.4 Å². The SMILES string of the molecule is CNc1cc(N2CCC(C(=O)NCc3ccc(Cl)cc3Cl)CC2)nc(-c2ccccc2)n1. The van der Waals surface area contributed by atoms with Crippen LogP contribution in [0.2, 0.25) is 10.0 Å². The summed E-state index contributed by atoms with van der Waals surface area (Å²) in [5.74, 6) is 2.35. The molecule has 3 aromatic rings. The van der Waals surface area contributed by atoms with Gasteiger partial charge < -0.3 is 15.5 Å². The van der Waals surface area contributed by atoms with Gasteiger partial charge in [0.25, 0.3) is 0 Å². The van der Waals surface area contributed by atoms with Gasteiger partial charge in [-0.1, -0.05) is 59.6 Å². The van der Waals surface area contributed by atoms with E-state index in [0.717, 1.165) is 48.7 Å². The molecule has 4 rings (SSSR count). The standard InChI is InChI=1S/C24H25Cl2N5O/c1-27-21-14-22(30-23(29-21)16-5-3-2-4-6-16)31-11-9-17(10-12-31)24(32)28-15-18-7-8-19(25)13-20(18)26/h2-8,13-14,17H,9-12,15H2,1H3,(H,28,32)(H,27,29,30). The molecule has 0 saturated carbocycles. The molecule has 2 heterocycles. The molecule has 0 unspecified atom stereocenters. The number of benzene rings is 2. The number of nitrogens with zero attached hydrogens (tertiary/aromatic N) is 3. The Bertz CT molecular complexity index is 1090. The molecular weight excluding hydrogens is 445 g/mol. The number of anilines is 2. The Morgan fingerprint density at radius 2 is 1.81 bits per heavy atom. The molecule has 0 spiro atoms. The van der Waals surface area contributed by atoms with E-state index in [1.54, 1.807) is 12.1 Å². The number of amides is 1. The van der Waals surface area contributed by atoms with E-state index < -0.39 is 0 Å². The second kappa shape index (κ2) is 10.2. The maximum atomic E-state index is 12.7. The summed E-state index contributed by atoms with van der Waals surface area (Å²) in [4.78, 5) is 24.3. The summed E-state index contributed by atoms with van der Waals surface area (Å²) in [6.45, 7) is 1.91. The Morgan fingerprint density at radius 1 is 1.06 bits per heavy atom. The number of piperidine rings is 1. The van der Waals surface area contributed by atoms with Crippen LogP contribution in [0.5, 0.6) is 0 Å². The minimum Gasteiger partial charge on any atom is -0.373 e. The zero-order valence-corrected chi connectivity index (χ0v) is 19.3. The highest BCUT2D eigenvalue weighted by atomic mass is 35.5. The largest absolute Gasteiger partial charge is 0.373 e. The predicted octanol–water partition coefficient (Wildman–Crippen LogP) is 5.02. The molecule has 1 aliphatic rings. The van der Waals surface area contributed by atoms with Gasteiger partial charge in [0.2, 0.25) is 5.91 Å². The van der Waals surface area contributed by atoms with Crippen LogP contribution in [0.3, 0.4) is 0 Å². The molecule has 1 saturated heterocycles. The van der Waals surface area contributed by atoms with Crippen molar-refractivity contribution in [3.8, 4) is 11.4 Å². The fraction of sp³-hybridized carbons (Fsp3) is 0.292. The molecule has 2 N–H and O–H groups in total. The van der Waals surface area contributed by atoms with Crippen molar-refractivity contribution in [1.82, 2.24) is 15.3 Å². The van der Waals surface area contributed by atoms with Gasteiger partial charge in [0.05, 0.1) is 0 Å². The first-order chi connectivity index (χ1) is 15.5. The molecule has 0 atom stereocenters. The number of aromatic nitrogens is 2. The highest BCUT2D eigenvalue weighted by Gasteiger charge is 2.26. The molecular formula is C24H25Cl2N5O. The second-order valence-electron chi connectivity index (χ2n) is 7.77. The maximum Gasteiger partial charge on any atom is 0.223 e. The lowest BCUT2D eigenvalue weighted by atomic mass is 9.96. The highest BCUT2D eigenvalue weighted by Crippen LogP contribution is 2.27. The van der Waals surface area contributed by atoms with Crippen molar-refractivity contribution in [2.45, 2.75) is 19.4 Å². The third-order valence-corrected chi connectivity index (χ3v) is 6.25. The molecule has 166 valence electrons. The Kier molecular flexibility index (Phi) is 7.12. The van der Waals surface area contributed by atoms with Gasteiger partial charge in [0, 0.05) is 54.3 Å². The molecule has 0 aliphatic carbocycles. The molecule has 32 heavy (non-hydrogen) atoms. The van der Waals surface area contributed by atoms with E-state index in [9.17, 15) is 4.79 Å². The lowest BCUT2D eigenvalue weighted by Crippen LogP contribution is -2.40. The molecule has 2 aromatic carbocycles. The number of hydrogen-bond donors (Lipinski definition) is 2. The summed E-state index contributed by atoms with van der Waals surface area (Å²) in [7, 11) is 1.85. The molecule has 0 radical (unpaired) electrons. The topological polar surface area (TPSA) is 70.2 Å². The van der Waals surface area contributed by atoms with E-state index in [2.05, 4.69) is 20.5 Å². The van der Waals surface area contributed by atoms with Gasteiger partial charge >= 0.3 is 0 Å². The third-order valence-electron chi connectivity index (χ3n) is 5.66. The first-order valence-corrected chi connectivity index (χ1v) is 11.4. The van der Waals surface area contributed by atoms with Gasteiger partial charge in [-0.25, -0.2) is 9.97 Å². The third kappa shape index (κ3) is 5.31. The Morgan fingerprint density at radius 3 is 2.50 bits per heavy atom. The minimum atomic E-state index is -0.0310. The van der Waals surface area contributed by atoms with E-state index in [4.69, 9.17) is 28.2 Å². The van der Waals surface area contributed by atoms with Gasteiger partial charge in [-0.15, -0.1) is 0 Å². The van der Waals surface area contributed by atoms with Gasteiger partial charge in [0.1, 0.15) is 11.6 Å². The highest BCUT2D eigenvalue weighted by molar-refractivity contribution is 6.35. The normalized spacial score (nSPS) is 14.3. The zero-order chi connectivity index (χ0) is 22.5. The van der Waals surface area contributed by atoms with Crippen molar-refractivity contribution in [3.63, 3.8) is 0 Å². The predicted molar refractivity (Wildman–Crippen MR) is 130 cm³/mol. The van der Waals surface area contributed by atoms with Crippen molar-refractivity contribution >= 4 is 40.7 Å². The number of rotatable bonds is 6. The van der Waals surface area contributed by atoms with E-state index in [-0.39, 0.29) is 11.8 Å². The van der Waals surface area contributed by atoms with Crippen molar-refractivity contribution in [3.05, 3.63) is 70.2 Å². The second-order valence-corrected chi connectivity index (χ2v) is 8.61. The van der Waals surface area contributed by atoms with Crippen LogP contribution in [0.1, 0.15) is 18.4 Å². The summed E-state index contributed by atoms with van der Waals surface area (Å²) < 4.78 is 0. The van der Waals surface area contributed by atoms with Crippen LogP contribution in [0.15, 0.2) is 54.6 Å². The average molecular weight is 470 g/mol. The maximum absolute atomic E-state index is 12.7. The van der Waals surface area contributed by atoms with Gasteiger partial charge in [-0.2, -0.15) is 0 Å². The summed E-state index contributed by atoms with van der Waals surface area (Å²) in [5.41, 5.74) is 1.83. The Hall–Kier alpha value is -2.83. The summed E-state index contributed by atoms with van der Waals surface area (Å²) in [6, 6.07) is 17.2. The van der Waals surface area contributed by atoms with Crippen LogP contribution in [0.4, 0.5) is 11.6 Å².